The molecule has 2 saturated carbocycles. The maximum absolute atomic E-state index is 13.5. The van der Waals surface area contributed by atoms with Crippen LogP contribution >= 0.6 is 11.3 Å². The molecule has 59 heavy (non-hydrogen) atoms. The number of rotatable bonds is 11. The summed E-state index contributed by atoms with van der Waals surface area (Å²) >= 11 is 1.73. The number of imide groups is 1. The molecule has 2 aromatic carbocycles. The lowest BCUT2D eigenvalue weighted by Gasteiger charge is -2.53. The fraction of sp³-hybridized carbons (Fsp3) is 0.511. The van der Waals surface area contributed by atoms with Gasteiger partial charge in [0.15, 0.2) is 0 Å². The van der Waals surface area contributed by atoms with Crippen LogP contribution in [0.15, 0.2) is 48.5 Å². The minimum Gasteiger partial charge on any atom is -0.494 e. The molecule has 4 fully saturated rings. The minimum absolute atomic E-state index is 0.243. The molecule has 1 spiro atoms. The summed E-state index contributed by atoms with van der Waals surface area (Å²) < 4.78 is 6.69. The second-order valence-electron chi connectivity index (χ2n) is 17.5. The second-order valence-corrected chi connectivity index (χ2v) is 18.6. The molecule has 0 radical (unpaired) electrons. The van der Waals surface area contributed by atoms with Gasteiger partial charge in [0.2, 0.25) is 5.91 Å². The van der Waals surface area contributed by atoms with Crippen molar-refractivity contribution in [2.45, 2.75) is 95.7 Å². The molecular weight excluding hydrogens is 767 g/mol. The number of pyridine rings is 1. The summed E-state index contributed by atoms with van der Waals surface area (Å²) in [6.07, 6.45) is 10.3. The van der Waals surface area contributed by atoms with Crippen LogP contribution in [0.1, 0.15) is 118 Å². The van der Waals surface area contributed by atoms with Gasteiger partial charge in [0.05, 0.1) is 39.1 Å². The number of amides is 4. The van der Waals surface area contributed by atoms with Gasteiger partial charge in [-0.3, -0.25) is 24.1 Å². The molecule has 2 aliphatic carbocycles. The predicted molar refractivity (Wildman–Crippen MR) is 226 cm³/mol. The Morgan fingerprint density at radius 3 is 2.47 bits per heavy atom. The first-order valence-corrected chi connectivity index (χ1v) is 22.1. The van der Waals surface area contributed by atoms with Gasteiger partial charge in [-0.05, 0) is 138 Å². The number of carbonyl (C=O) groups is 4. The molecular formula is C45H53N7O6S. The van der Waals surface area contributed by atoms with Gasteiger partial charge in [-0.15, -0.1) is 11.3 Å². The topological polar surface area (TPSA) is 166 Å². The normalized spacial score (nSPS) is 24.5. The lowest BCUT2D eigenvalue weighted by atomic mass is 9.57. The highest BCUT2D eigenvalue weighted by atomic mass is 32.1. The Morgan fingerprint density at radius 2 is 1.73 bits per heavy atom. The van der Waals surface area contributed by atoms with Crippen LogP contribution in [0.25, 0.3) is 10.2 Å². The van der Waals surface area contributed by atoms with E-state index in [1.165, 1.54) is 63.2 Å². The number of carbonyl (C=O) groups excluding carboxylic acids is 4. The third-order valence-electron chi connectivity index (χ3n) is 13.6. The number of aliphatic hydroxyl groups is 1. The molecule has 3 aliphatic heterocycles. The average molecular weight is 820 g/mol. The van der Waals surface area contributed by atoms with E-state index in [-0.39, 0.29) is 12.3 Å². The molecule has 2 saturated heterocycles. The van der Waals surface area contributed by atoms with Crippen molar-refractivity contribution in [2.75, 3.05) is 43.9 Å². The molecule has 2 unspecified atom stereocenters. The molecule has 2 aromatic heterocycles. The number of methoxy groups -OCH3 is 1. The van der Waals surface area contributed by atoms with Crippen molar-refractivity contribution in [3.63, 3.8) is 0 Å². The molecule has 5 heterocycles. The van der Waals surface area contributed by atoms with E-state index in [1.807, 2.05) is 37.3 Å². The van der Waals surface area contributed by atoms with E-state index in [4.69, 9.17) is 9.72 Å². The number of hydrogen-bond donors (Lipinski definition) is 4. The SMILES string of the molecule is COc1cc2nc([C@H]3CC[C@H](CN4CCC5(CC4)CC(CCNc4cccc6c4C(=O)N(C4CCC(O)NC4=O)C6=O)C5)CC3)sc2cc1NC(=O)c1cccc(C)n1. The van der Waals surface area contributed by atoms with Gasteiger partial charge in [0, 0.05) is 36.5 Å². The van der Waals surface area contributed by atoms with Crippen molar-refractivity contribution < 1.29 is 29.0 Å². The van der Waals surface area contributed by atoms with Crippen LogP contribution in [0.2, 0.25) is 0 Å². The van der Waals surface area contributed by atoms with Crippen molar-refractivity contribution in [1.82, 2.24) is 25.1 Å². The first kappa shape index (κ1) is 39.5. The second kappa shape index (κ2) is 16.3. The molecule has 310 valence electrons. The van der Waals surface area contributed by atoms with E-state index in [0.717, 1.165) is 46.6 Å². The maximum Gasteiger partial charge on any atom is 0.274 e. The fourth-order valence-electron chi connectivity index (χ4n) is 10.4. The first-order valence-electron chi connectivity index (χ1n) is 21.3. The van der Waals surface area contributed by atoms with E-state index in [1.54, 1.807) is 36.6 Å². The van der Waals surface area contributed by atoms with Gasteiger partial charge in [-0.2, -0.15) is 0 Å². The Hall–Kier alpha value is -4.92. The third kappa shape index (κ3) is 7.94. The quantitative estimate of drug-likeness (QED) is 0.119. The Kier molecular flexibility index (Phi) is 10.9. The molecule has 9 rings (SSSR count). The Morgan fingerprint density at radius 1 is 0.949 bits per heavy atom. The number of nitrogens with one attached hydrogen (secondary N) is 3. The van der Waals surface area contributed by atoms with E-state index in [2.05, 4.69) is 25.8 Å². The zero-order chi connectivity index (χ0) is 40.8. The summed E-state index contributed by atoms with van der Waals surface area (Å²) in [4.78, 5) is 65.4. The van der Waals surface area contributed by atoms with Crippen molar-refractivity contribution in [3.8, 4) is 5.75 Å². The average Bonchev–Trinajstić information content (AvgIpc) is 3.75. The van der Waals surface area contributed by atoms with E-state index >= 15 is 0 Å². The predicted octanol–water partition coefficient (Wildman–Crippen LogP) is 6.72. The molecule has 5 aliphatic rings. The Bertz CT molecular complexity index is 2270. The highest BCUT2D eigenvalue weighted by Gasteiger charge is 2.47. The smallest absolute Gasteiger partial charge is 0.274 e. The van der Waals surface area contributed by atoms with Crippen LogP contribution < -0.4 is 20.7 Å². The van der Waals surface area contributed by atoms with Crippen LogP contribution in [0.3, 0.4) is 0 Å². The number of benzene rings is 2. The number of aryl methyl sites for hydroxylation is 1. The minimum atomic E-state index is -0.950. The Balaban J connectivity index is 0.712. The zero-order valence-corrected chi connectivity index (χ0v) is 34.6. The number of fused-ring (bicyclic) bond motifs is 2. The van der Waals surface area contributed by atoms with Gasteiger partial charge in [0.25, 0.3) is 17.7 Å². The number of nitrogens with zero attached hydrogens (tertiary/aromatic N) is 4. The molecule has 14 heteroatoms. The van der Waals surface area contributed by atoms with Gasteiger partial charge in [0.1, 0.15) is 23.7 Å². The number of thiazole rings is 1. The maximum atomic E-state index is 13.5. The highest BCUT2D eigenvalue weighted by molar-refractivity contribution is 7.18. The van der Waals surface area contributed by atoms with Crippen molar-refractivity contribution in [3.05, 3.63) is 76.1 Å². The number of anilines is 2. The van der Waals surface area contributed by atoms with Crippen LogP contribution in [0.5, 0.6) is 5.75 Å². The number of likely N-dealkylation sites (tertiary alicyclic amines) is 1. The molecule has 2 atom stereocenters. The summed E-state index contributed by atoms with van der Waals surface area (Å²) in [5.41, 5.74) is 4.46. The van der Waals surface area contributed by atoms with Gasteiger partial charge >= 0.3 is 0 Å². The summed E-state index contributed by atoms with van der Waals surface area (Å²) in [6.45, 7) is 6.11. The third-order valence-corrected chi connectivity index (χ3v) is 14.8. The summed E-state index contributed by atoms with van der Waals surface area (Å²) in [5.74, 6) is 0.748. The number of piperidine rings is 2. The van der Waals surface area contributed by atoms with Crippen molar-refractivity contribution >= 4 is 56.6 Å². The lowest BCUT2D eigenvalue weighted by Crippen LogP contribution is -2.55. The van der Waals surface area contributed by atoms with E-state index < -0.39 is 30.0 Å². The monoisotopic (exact) mass is 819 g/mol. The molecule has 4 N–H and O–H groups in total. The largest absolute Gasteiger partial charge is 0.494 e. The summed E-state index contributed by atoms with van der Waals surface area (Å²) in [6, 6.07) is 13.7. The van der Waals surface area contributed by atoms with E-state index in [0.29, 0.717) is 63.5 Å². The fourth-order valence-corrected chi connectivity index (χ4v) is 11.5. The number of ether oxygens (including phenoxy) is 1. The summed E-state index contributed by atoms with van der Waals surface area (Å²) in [5, 5.41) is 19.8. The first-order chi connectivity index (χ1) is 28.6. The number of aromatic nitrogens is 2. The van der Waals surface area contributed by atoms with Crippen LogP contribution in [0.4, 0.5) is 11.4 Å². The van der Waals surface area contributed by atoms with Gasteiger partial charge < -0.3 is 30.7 Å². The standard InChI is InChI=1S/C45H53N7O6S/c1-26-5-3-8-32(47-26)40(54)48-33-22-37-34(21-36(33)58-2)49-42(59-37)29-11-9-27(10-12-29)25-51-19-16-45(17-20-51)23-28(24-45)15-18-46-31-7-4-6-30-39(31)44(57)52(43(30)56)35-13-14-38(53)50-41(35)55/h3-8,21-22,27-29,35,38,46,53H,9-20,23-25H2,1-2H3,(H,48,54)(H,50,55)/t27-,29-,35?,38?. The van der Waals surface area contributed by atoms with Crippen molar-refractivity contribution in [1.29, 1.82) is 0 Å². The van der Waals surface area contributed by atoms with Gasteiger partial charge in [-0.25, -0.2) is 9.97 Å². The van der Waals surface area contributed by atoms with Crippen LogP contribution in [0, 0.1) is 24.2 Å². The molecule has 13 nitrogen and oxygen atoms in total. The Labute approximate surface area is 348 Å². The molecule has 0 bridgehead atoms. The lowest BCUT2D eigenvalue weighted by molar-refractivity contribution is -0.131. The molecule has 4 amide bonds. The van der Waals surface area contributed by atoms with Crippen LogP contribution in [-0.4, -0.2) is 94.1 Å². The van der Waals surface area contributed by atoms with Crippen LogP contribution in [-0.2, 0) is 4.79 Å². The van der Waals surface area contributed by atoms with E-state index in [9.17, 15) is 24.3 Å². The number of aliphatic hydroxyl groups excluding tert-OH is 1. The number of hydrogen-bond acceptors (Lipinski definition) is 11. The van der Waals surface area contributed by atoms with Crippen molar-refractivity contribution in [2.24, 2.45) is 17.3 Å². The summed E-state index contributed by atoms with van der Waals surface area (Å²) in [7, 11) is 1.61. The highest BCUT2D eigenvalue weighted by Crippen LogP contribution is 2.54. The van der Waals surface area contributed by atoms with Gasteiger partial charge in [-0.1, -0.05) is 12.1 Å². The molecule has 4 aromatic rings. The zero-order valence-electron chi connectivity index (χ0n) is 33.8.